The largest absolute Gasteiger partial charge is 0.497 e. The van der Waals surface area contributed by atoms with E-state index in [9.17, 15) is 4.79 Å². The Morgan fingerprint density at radius 1 is 1.09 bits per heavy atom. The summed E-state index contributed by atoms with van der Waals surface area (Å²) >= 11 is 0. The van der Waals surface area contributed by atoms with E-state index in [0.29, 0.717) is 34.5 Å². The van der Waals surface area contributed by atoms with Crippen LogP contribution in [0, 0.1) is 6.92 Å². The van der Waals surface area contributed by atoms with Gasteiger partial charge in [-0.15, -0.1) is 5.10 Å². The van der Waals surface area contributed by atoms with Crippen molar-refractivity contribution in [2.24, 2.45) is 0 Å². The standard InChI is InChI=1S/C26H24N6O2/c1-16-9-11-18(12-10-16)24-30-26-28-17(2)22(25(33)29-20-7-5-13-27-15-20)23(32(26)31-24)19-6-4-8-21(14-19)34-3/h4-15,23H,1-3H3,(H,29,33)(H,28,30,31). The van der Waals surface area contributed by atoms with Crippen LogP contribution in [0.3, 0.4) is 0 Å². The number of aromatic nitrogens is 4. The molecule has 0 aliphatic carbocycles. The number of ether oxygens (including phenoxy) is 1. The van der Waals surface area contributed by atoms with Crippen molar-refractivity contribution in [1.29, 1.82) is 0 Å². The highest BCUT2D eigenvalue weighted by molar-refractivity contribution is 6.06. The summed E-state index contributed by atoms with van der Waals surface area (Å²) in [5, 5.41) is 11.0. The van der Waals surface area contributed by atoms with Crippen molar-refractivity contribution in [3.05, 3.63) is 95.5 Å². The predicted octanol–water partition coefficient (Wildman–Crippen LogP) is 4.58. The summed E-state index contributed by atoms with van der Waals surface area (Å²) in [7, 11) is 1.62. The molecule has 2 N–H and O–H groups in total. The van der Waals surface area contributed by atoms with Crippen LogP contribution >= 0.6 is 0 Å². The Morgan fingerprint density at radius 2 is 1.91 bits per heavy atom. The summed E-state index contributed by atoms with van der Waals surface area (Å²) in [6.07, 6.45) is 3.27. The highest BCUT2D eigenvalue weighted by Crippen LogP contribution is 2.37. The van der Waals surface area contributed by atoms with Gasteiger partial charge in [0.2, 0.25) is 5.95 Å². The maximum Gasteiger partial charge on any atom is 0.255 e. The van der Waals surface area contributed by atoms with Gasteiger partial charge in [0.15, 0.2) is 5.82 Å². The van der Waals surface area contributed by atoms with Crippen LogP contribution in [0.2, 0.25) is 0 Å². The molecule has 2 aromatic carbocycles. The number of anilines is 2. The quantitative estimate of drug-likeness (QED) is 0.460. The van der Waals surface area contributed by atoms with Crippen molar-refractivity contribution < 1.29 is 9.53 Å². The van der Waals surface area contributed by atoms with Gasteiger partial charge in [0.25, 0.3) is 5.91 Å². The molecule has 2 aromatic heterocycles. The van der Waals surface area contributed by atoms with Crippen LogP contribution < -0.4 is 15.4 Å². The maximum absolute atomic E-state index is 13.5. The van der Waals surface area contributed by atoms with E-state index in [4.69, 9.17) is 14.8 Å². The number of methoxy groups -OCH3 is 1. The Bertz CT molecular complexity index is 1380. The summed E-state index contributed by atoms with van der Waals surface area (Å²) in [5.41, 5.74) is 4.76. The molecule has 0 saturated carbocycles. The zero-order chi connectivity index (χ0) is 23.7. The Balaban J connectivity index is 1.61. The van der Waals surface area contributed by atoms with Crippen LogP contribution in [0.15, 0.2) is 84.3 Å². The maximum atomic E-state index is 13.5. The van der Waals surface area contributed by atoms with E-state index in [0.717, 1.165) is 16.7 Å². The number of benzene rings is 2. The number of hydrogen-bond donors (Lipinski definition) is 2. The van der Waals surface area contributed by atoms with Crippen LogP contribution in [0.4, 0.5) is 11.6 Å². The van der Waals surface area contributed by atoms with Crippen molar-refractivity contribution in [1.82, 2.24) is 19.7 Å². The molecule has 5 rings (SSSR count). The van der Waals surface area contributed by atoms with Gasteiger partial charge in [-0.05, 0) is 43.7 Å². The fraction of sp³-hybridized carbons (Fsp3) is 0.154. The second kappa shape index (κ2) is 8.82. The lowest BCUT2D eigenvalue weighted by molar-refractivity contribution is -0.113. The molecule has 1 amide bonds. The molecular weight excluding hydrogens is 428 g/mol. The number of nitrogens with one attached hydrogen (secondary N) is 2. The van der Waals surface area contributed by atoms with E-state index in [1.165, 1.54) is 0 Å². The molecule has 8 heteroatoms. The molecular formula is C26H24N6O2. The summed E-state index contributed by atoms with van der Waals surface area (Å²) in [6, 6.07) is 18.8. The molecule has 0 radical (unpaired) electrons. The molecule has 1 unspecified atom stereocenters. The molecule has 1 aliphatic rings. The normalized spacial score (nSPS) is 14.9. The summed E-state index contributed by atoms with van der Waals surface area (Å²) in [5.74, 6) is 1.60. The lowest BCUT2D eigenvalue weighted by atomic mass is 9.95. The zero-order valence-electron chi connectivity index (χ0n) is 19.1. The second-order valence-corrected chi connectivity index (χ2v) is 8.11. The molecule has 1 aliphatic heterocycles. The lowest BCUT2D eigenvalue weighted by Gasteiger charge is -2.28. The number of amides is 1. The van der Waals surface area contributed by atoms with Gasteiger partial charge in [-0.25, -0.2) is 4.68 Å². The number of carbonyl (C=O) groups is 1. The third kappa shape index (κ3) is 4.01. The van der Waals surface area contributed by atoms with Crippen LogP contribution in [0.5, 0.6) is 5.75 Å². The van der Waals surface area contributed by atoms with E-state index in [2.05, 4.69) is 15.6 Å². The summed E-state index contributed by atoms with van der Waals surface area (Å²) in [6.45, 7) is 3.91. The van der Waals surface area contributed by atoms with Gasteiger partial charge < -0.3 is 15.4 Å². The molecule has 8 nitrogen and oxygen atoms in total. The highest BCUT2D eigenvalue weighted by atomic mass is 16.5. The molecule has 170 valence electrons. The fourth-order valence-electron chi connectivity index (χ4n) is 4.02. The average Bonchev–Trinajstić information content (AvgIpc) is 3.27. The van der Waals surface area contributed by atoms with E-state index < -0.39 is 6.04 Å². The second-order valence-electron chi connectivity index (χ2n) is 8.11. The number of carbonyl (C=O) groups excluding carboxylic acids is 1. The first kappa shape index (κ1) is 21.4. The first-order valence-electron chi connectivity index (χ1n) is 10.9. The molecule has 1 atom stereocenters. The molecule has 4 aromatic rings. The monoisotopic (exact) mass is 452 g/mol. The lowest BCUT2D eigenvalue weighted by Crippen LogP contribution is -2.31. The van der Waals surface area contributed by atoms with Gasteiger partial charge >= 0.3 is 0 Å². The number of allylic oxidation sites excluding steroid dienone is 1. The first-order chi connectivity index (χ1) is 16.5. The van der Waals surface area contributed by atoms with Crippen LogP contribution in [0.1, 0.15) is 24.1 Å². The smallest absolute Gasteiger partial charge is 0.255 e. The number of pyridine rings is 1. The van der Waals surface area contributed by atoms with Crippen molar-refractivity contribution in [3.63, 3.8) is 0 Å². The molecule has 0 fully saturated rings. The van der Waals surface area contributed by atoms with Crippen LogP contribution in [-0.2, 0) is 4.79 Å². The third-order valence-electron chi connectivity index (χ3n) is 5.74. The van der Waals surface area contributed by atoms with E-state index in [-0.39, 0.29) is 5.91 Å². The number of nitrogens with zero attached hydrogens (tertiary/aromatic N) is 4. The number of rotatable bonds is 5. The first-order valence-corrected chi connectivity index (χ1v) is 10.9. The minimum Gasteiger partial charge on any atom is -0.497 e. The van der Waals surface area contributed by atoms with Gasteiger partial charge in [0.1, 0.15) is 11.8 Å². The van der Waals surface area contributed by atoms with Gasteiger partial charge in [-0.1, -0.05) is 42.0 Å². The summed E-state index contributed by atoms with van der Waals surface area (Å²) < 4.78 is 7.21. The van der Waals surface area contributed by atoms with Gasteiger partial charge in [0.05, 0.1) is 24.6 Å². The molecule has 34 heavy (non-hydrogen) atoms. The minimum atomic E-state index is -0.505. The van der Waals surface area contributed by atoms with Gasteiger partial charge in [-0.3, -0.25) is 9.78 Å². The van der Waals surface area contributed by atoms with Crippen LogP contribution in [-0.4, -0.2) is 32.8 Å². The predicted molar refractivity (Wildman–Crippen MR) is 131 cm³/mol. The molecule has 0 bridgehead atoms. The van der Waals surface area contributed by atoms with E-state index >= 15 is 0 Å². The van der Waals surface area contributed by atoms with E-state index in [1.807, 2.05) is 62.4 Å². The van der Waals surface area contributed by atoms with Crippen molar-refractivity contribution in [2.45, 2.75) is 19.9 Å². The van der Waals surface area contributed by atoms with E-state index in [1.54, 1.807) is 36.3 Å². The molecule has 3 heterocycles. The Kier molecular flexibility index (Phi) is 5.55. The highest BCUT2D eigenvalue weighted by Gasteiger charge is 2.34. The number of aryl methyl sites for hydroxylation is 1. The summed E-state index contributed by atoms with van der Waals surface area (Å²) in [4.78, 5) is 22.3. The van der Waals surface area contributed by atoms with Gasteiger partial charge in [-0.2, -0.15) is 4.98 Å². The van der Waals surface area contributed by atoms with Crippen molar-refractivity contribution >= 4 is 17.5 Å². The van der Waals surface area contributed by atoms with Gasteiger partial charge in [0, 0.05) is 17.5 Å². The topological polar surface area (TPSA) is 94.0 Å². The minimum absolute atomic E-state index is 0.246. The Morgan fingerprint density at radius 3 is 2.65 bits per heavy atom. The van der Waals surface area contributed by atoms with Crippen molar-refractivity contribution in [2.75, 3.05) is 17.7 Å². The molecule has 0 spiro atoms. The Labute approximate surface area is 197 Å². The SMILES string of the molecule is COc1cccc(C2C(C(=O)Nc3cccnc3)=C(C)Nc3nc(-c4ccc(C)cc4)nn32)c1. The van der Waals surface area contributed by atoms with Crippen LogP contribution in [0.25, 0.3) is 11.4 Å². The number of fused-ring (bicyclic) bond motifs is 1. The zero-order valence-corrected chi connectivity index (χ0v) is 19.1. The third-order valence-corrected chi connectivity index (χ3v) is 5.74. The Hall–Kier alpha value is -4.46. The van der Waals surface area contributed by atoms with Crippen molar-refractivity contribution in [3.8, 4) is 17.1 Å². The fourth-order valence-corrected chi connectivity index (χ4v) is 4.02. The average molecular weight is 453 g/mol. The molecule has 0 saturated heterocycles. The number of hydrogen-bond acceptors (Lipinski definition) is 6.